The molecule has 2 nitrogen and oxygen atoms in total. The Bertz CT molecular complexity index is 2070. The Balaban J connectivity index is 1.41. The molecule has 0 fully saturated rings. The van der Waals surface area contributed by atoms with Gasteiger partial charge in [0.05, 0.1) is 11.0 Å². The van der Waals surface area contributed by atoms with Crippen LogP contribution in [0.4, 0.5) is 0 Å². The van der Waals surface area contributed by atoms with Crippen LogP contribution in [0, 0.1) is 0 Å². The lowest BCUT2D eigenvalue weighted by molar-refractivity contribution is 0.670. The quantitative estimate of drug-likeness (QED) is 0.275. The van der Waals surface area contributed by atoms with E-state index in [9.17, 15) is 0 Å². The van der Waals surface area contributed by atoms with Crippen molar-refractivity contribution in [3.63, 3.8) is 0 Å². The molecule has 0 aliphatic heterocycles. The number of H-pyrrole nitrogens is 1. The second kappa shape index (κ2) is 6.49. The normalized spacial score (nSPS) is 12.1. The Morgan fingerprint density at radius 3 is 2.24 bits per heavy atom. The van der Waals surface area contributed by atoms with Gasteiger partial charge in [0.15, 0.2) is 0 Å². The monoisotopic (exact) mass is 433 g/mol. The van der Waals surface area contributed by atoms with Crippen molar-refractivity contribution < 1.29 is 4.42 Å². The Morgan fingerprint density at radius 1 is 0.500 bits per heavy atom. The fourth-order valence-corrected chi connectivity index (χ4v) is 5.52. The van der Waals surface area contributed by atoms with E-state index in [1.165, 1.54) is 43.4 Å². The van der Waals surface area contributed by atoms with Crippen LogP contribution in [0.15, 0.2) is 114 Å². The van der Waals surface area contributed by atoms with Crippen LogP contribution >= 0.6 is 0 Å². The predicted molar refractivity (Wildman–Crippen MR) is 144 cm³/mol. The van der Waals surface area contributed by atoms with Gasteiger partial charge in [-0.1, -0.05) is 91.0 Å². The molecule has 2 heterocycles. The molecule has 0 unspecified atom stereocenters. The minimum Gasteiger partial charge on any atom is -0.455 e. The van der Waals surface area contributed by atoms with Crippen LogP contribution in [0.25, 0.3) is 76.4 Å². The molecule has 0 radical (unpaired) electrons. The number of rotatable bonds is 1. The first-order valence-corrected chi connectivity index (χ1v) is 11.6. The Kier molecular flexibility index (Phi) is 3.42. The molecule has 158 valence electrons. The van der Waals surface area contributed by atoms with Gasteiger partial charge in [0, 0.05) is 38.6 Å². The standard InChI is InChI=1S/C32H19NO/c1-2-8-21-16-22(13-12-19(21)6-1)24-10-5-11-26-28-17-27-25-15-14-20-7-3-4-9-23(20)31(25)33-29(27)18-30(28)34-32(24)26/h1-18,33H. The number of hydrogen-bond donors (Lipinski definition) is 1. The maximum absolute atomic E-state index is 6.52. The van der Waals surface area contributed by atoms with Crippen molar-refractivity contribution in [2.75, 3.05) is 0 Å². The molecule has 0 spiro atoms. The third-order valence-corrected chi connectivity index (χ3v) is 7.18. The molecule has 2 aromatic heterocycles. The van der Waals surface area contributed by atoms with Crippen molar-refractivity contribution in [1.29, 1.82) is 0 Å². The van der Waals surface area contributed by atoms with Crippen LogP contribution in [0.1, 0.15) is 0 Å². The average molecular weight is 434 g/mol. The van der Waals surface area contributed by atoms with E-state index in [2.05, 4.69) is 114 Å². The number of nitrogens with one attached hydrogen (secondary N) is 1. The minimum atomic E-state index is 0.909. The van der Waals surface area contributed by atoms with E-state index < -0.39 is 0 Å². The van der Waals surface area contributed by atoms with Gasteiger partial charge < -0.3 is 9.40 Å². The molecule has 0 aliphatic carbocycles. The zero-order valence-corrected chi connectivity index (χ0v) is 18.3. The zero-order valence-electron chi connectivity index (χ0n) is 18.3. The number of para-hydroxylation sites is 1. The first kappa shape index (κ1) is 17.9. The summed E-state index contributed by atoms with van der Waals surface area (Å²) < 4.78 is 6.52. The lowest BCUT2D eigenvalue weighted by Crippen LogP contribution is -1.80. The Labute approximate surface area is 195 Å². The summed E-state index contributed by atoms with van der Waals surface area (Å²) in [6.07, 6.45) is 0. The molecule has 6 aromatic carbocycles. The molecule has 0 bridgehead atoms. The molecule has 8 rings (SSSR count). The maximum Gasteiger partial charge on any atom is 0.143 e. The first-order chi connectivity index (χ1) is 16.8. The highest BCUT2D eigenvalue weighted by Crippen LogP contribution is 2.40. The number of hydrogen-bond acceptors (Lipinski definition) is 1. The third kappa shape index (κ3) is 2.40. The van der Waals surface area contributed by atoms with Gasteiger partial charge in [-0.05, 0) is 33.9 Å². The summed E-state index contributed by atoms with van der Waals surface area (Å²) in [7, 11) is 0. The van der Waals surface area contributed by atoms with Crippen LogP contribution in [0.3, 0.4) is 0 Å². The highest BCUT2D eigenvalue weighted by atomic mass is 16.3. The predicted octanol–water partition coefficient (Wildman–Crippen LogP) is 9.19. The lowest BCUT2D eigenvalue weighted by atomic mass is 9.99. The van der Waals surface area contributed by atoms with E-state index in [4.69, 9.17) is 4.42 Å². The van der Waals surface area contributed by atoms with Gasteiger partial charge in [-0.25, -0.2) is 0 Å². The number of benzene rings is 6. The summed E-state index contributed by atoms with van der Waals surface area (Å²) in [5.74, 6) is 0. The molecule has 0 saturated carbocycles. The smallest absolute Gasteiger partial charge is 0.143 e. The van der Waals surface area contributed by atoms with Gasteiger partial charge in [0.25, 0.3) is 0 Å². The largest absolute Gasteiger partial charge is 0.455 e. The summed E-state index contributed by atoms with van der Waals surface area (Å²) in [5.41, 5.74) is 6.43. The summed E-state index contributed by atoms with van der Waals surface area (Å²) >= 11 is 0. The average Bonchev–Trinajstić information content (AvgIpc) is 3.44. The molecule has 1 N–H and O–H groups in total. The van der Waals surface area contributed by atoms with Gasteiger partial charge in [-0.15, -0.1) is 0 Å². The highest BCUT2D eigenvalue weighted by molar-refractivity contribution is 6.21. The number of aromatic amines is 1. The van der Waals surface area contributed by atoms with Crippen molar-refractivity contribution in [2.45, 2.75) is 0 Å². The van der Waals surface area contributed by atoms with E-state index in [-0.39, 0.29) is 0 Å². The van der Waals surface area contributed by atoms with Gasteiger partial charge in [-0.3, -0.25) is 0 Å². The highest BCUT2D eigenvalue weighted by Gasteiger charge is 2.15. The van der Waals surface area contributed by atoms with Gasteiger partial charge >= 0.3 is 0 Å². The van der Waals surface area contributed by atoms with Gasteiger partial charge in [0.1, 0.15) is 11.2 Å². The molecule has 0 saturated heterocycles. The fourth-order valence-electron chi connectivity index (χ4n) is 5.52. The molecular formula is C32H19NO. The summed E-state index contributed by atoms with van der Waals surface area (Å²) in [5, 5.41) is 9.75. The summed E-state index contributed by atoms with van der Waals surface area (Å²) in [4.78, 5) is 3.66. The van der Waals surface area contributed by atoms with Gasteiger partial charge in [0.2, 0.25) is 0 Å². The second-order valence-corrected chi connectivity index (χ2v) is 9.07. The molecule has 0 atom stereocenters. The van der Waals surface area contributed by atoms with Crippen molar-refractivity contribution in [3.8, 4) is 11.1 Å². The molecule has 0 aliphatic rings. The van der Waals surface area contributed by atoms with Crippen molar-refractivity contribution >= 4 is 65.3 Å². The SMILES string of the molecule is c1ccc2cc(-c3cccc4c3oc3cc5[nH]c6c7ccccc7ccc6c5cc34)ccc2c1. The van der Waals surface area contributed by atoms with Crippen LogP contribution in [-0.4, -0.2) is 4.98 Å². The van der Waals surface area contributed by atoms with E-state index in [0.717, 1.165) is 33.0 Å². The first-order valence-electron chi connectivity index (χ1n) is 11.6. The Hall–Kier alpha value is -4.56. The minimum absolute atomic E-state index is 0.909. The second-order valence-electron chi connectivity index (χ2n) is 9.07. The molecule has 34 heavy (non-hydrogen) atoms. The van der Waals surface area contributed by atoms with Crippen molar-refractivity contribution in [2.24, 2.45) is 0 Å². The van der Waals surface area contributed by atoms with Crippen molar-refractivity contribution in [1.82, 2.24) is 4.98 Å². The summed E-state index contributed by atoms with van der Waals surface area (Å²) in [6, 6.07) is 39.0. The lowest BCUT2D eigenvalue weighted by Gasteiger charge is -2.05. The van der Waals surface area contributed by atoms with Crippen LogP contribution in [0.2, 0.25) is 0 Å². The van der Waals surface area contributed by atoms with E-state index in [1.807, 2.05) is 0 Å². The number of furan rings is 1. The number of aromatic nitrogens is 1. The molecule has 8 aromatic rings. The number of fused-ring (bicyclic) bond motifs is 9. The van der Waals surface area contributed by atoms with Crippen LogP contribution in [-0.2, 0) is 0 Å². The molecular weight excluding hydrogens is 414 g/mol. The summed E-state index contributed by atoms with van der Waals surface area (Å²) in [6.45, 7) is 0. The zero-order chi connectivity index (χ0) is 22.2. The van der Waals surface area contributed by atoms with E-state index in [0.29, 0.717) is 0 Å². The topological polar surface area (TPSA) is 28.9 Å². The van der Waals surface area contributed by atoms with E-state index in [1.54, 1.807) is 0 Å². The molecule has 2 heteroatoms. The third-order valence-electron chi connectivity index (χ3n) is 7.18. The molecule has 0 amide bonds. The van der Waals surface area contributed by atoms with Gasteiger partial charge in [-0.2, -0.15) is 0 Å². The fraction of sp³-hybridized carbons (Fsp3) is 0. The maximum atomic E-state index is 6.52. The van der Waals surface area contributed by atoms with Crippen LogP contribution in [0.5, 0.6) is 0 Å². The Morgan fingerprint density at radius 2 is 1.29 bits per heavy atom. The van der Waals surface area contributed by atoms with Crippen molar-refractivity contribution in [3.05, 3.63) is 109 Å². The van der Waals surface area contributed by atoms with E-state index >= 15 is 0 Å². The van der Waals surface area contributed by atoms with Crippen LogP contribution < -0.4 is 0 Å².